The number of hydrogen-bond acceptors (Lipinski definition) is 2. The molecule has 0 aliphatic carbocycles. The summed E-state index contributed by atoms with van der Waals surface area (Å²) in [5, 5.41) is 6.72. The van der Waals surface area contributed by atoms with Gasteiger partial charge in [-0.15, -0.1) is 0 Å². The van der Waals surface area contributed by atoms with Crippen molar-refractivity contribution < 1.29 is 2.85 Å². The average molecular weight is 234 g/mol. The topological polar surface area (TPSA) is 24.1 Å². The minimum Gasteiger partial charge on any atom is -0.317 e. The van der Waals surface area contributed by atoms with E-state index in [-0.39, 0.29) is 2.85 Å². The quantitative estimate of drug-likeness (QED) is 0.588. The monoisotopic (exact) mass is 234 g/mol. The molecule has 1 unspecified atom stereocenters. The van der Waals surface area contributed by atoms with Crippen molar-refractivity contribution in [3.05, 3.63) is 0 Å². The fourth-order valence-electron chi connectivity index (χ4n) is 1.14. The van der Waals surface area contributed by atoms with Crippen LogP contribution in [0.2, 0.25) is 0 Å². The highest BCUT2D eigenvalue weighted by Gasteiger charge is 1.92. The Balaban J connectivity index is -0.0000000980. The summed E-state index contributed by atoms with van der Waals surface area (Å²) in [6.45, 7) is 14.6. The molecule has 0 amide bonds. The molecule has 1 atom stereocenters. The maximum atomic E-state index is 3.38. The molecule has 0 heterocycles. The summed E-state index contributed by atoms with van der Waals surface area (Å²) in [5.41, 5.74) is 0. The van der Waals surface area contributed by atoms with Gasteiger partial charge in [0.1, 0.15) is 0 Å². The Labute approximate surface area is 107 Å². The molecule has 0 saturated heterocycles. The van der Waals surface area contributed by atoms with Crippen LogP contribution >= 0.6 is 0 Å². The van der Waals surface area contributed by atoms with Crippen molar-refractivity contribution in [1.29, 1.82) is 0 Å². The van der Waals surface area contributed by atoms with Crippen molar-refractivity contribution >= 4 is 0 Å². The third-order valence-electron chi connectivity index (χ3n) is 2.49. The molecule has 16 heavy (non-hydrogen) atoms. The average Bonchev–Trinajstić information content (AvgIpc) is 2.32. The SMILES string of the molecule is CCCCNCCC.CCCNC(C)CC.[HH].[HH]. The molecule has 0 fully saturated rings. The predicted molar refractivity (Wildman–Crippen MR) is 80.3 cm³/mol. The maximum Gasteiger partial charge on any atom is 0.00360 e. The second-order valence-corrected chi connectivity index (χ2v) is 4.37. The first-order chi connectivity index (χ1) is 7.72. The standard InChI is InChI=1S/2C7H17N.2H2/c1-4-6-8-7(3)5-2;1-3-5-7-8-6-4-2;;/h7-8H,4-6H2,1-3H3;8H,3-7H2,1-2H3;2*1H. The number of rotatable bonds is 9. The van der Waals surface area contributed by atoms with Crippen molar-refractivity contribution in [2.45, 2.75) is 72.8 Å². The van der Waals surface area contributed by atoms with Crippen LogP contribution in [-0.4, -0.2) is 25.7 Å². The number of unbranched alkanes of at least 4 members (excludes halogenated alkanes) is 1. The zero-order valence-electron chi connectivity index (χ0n) is 12.2. The minimum absolute atomic E-state index is 0. The van der Waals surface area contributed by atoms with E-state index in [0.29, 0.717) is 6.04 Å². The van der Waals surface area contributed by atoms with Gasteiger partial charge in [0.05, 0.1) is 0 Å². The van der Waals surface area contributed by atoms with Crippen LogP contribution in [0.4, 0.5) is 0 Å². The smallest absolute Gasteiger partial charge is 0.00360 e. The molecule has 0 spiro atoms. The molecule has 2 nitrogen and oxygen atoms in total. The summed E-state index contributed by atoms with van der Waals surface area (Å²) in [6.07, 6.45) is 6.35. The van der Waals surface area contributed by atoms with Gasteiger partial charge in [0.2, 0.25) is 0 Å². The Morgan fingerprint density at radius 2 is 1.50 bits per heavy atom. The second-order valence-electron chi connectivity index (χ2n) is 4.37. The van der Waals surface area contributed by atoms with Crippen molar-refractivity contribution in [3.63, 3.8) is 0 Å². The normalized spacial score (nSPS) is 11.8. The van der Waals surface area contributed by atoms with Gasteiger partial charge in [-0.05, 0) is 52.2 Å². The molecule has 0 rings (SSSR count). The molecule has 0 aromatic heterocycles. The van der Waals surface area contributed by atoms with Crippen LogP contribution in [0.3, 0.4) is 0 Å². The molecule has 2 heteroatoms. The Kier molecular flexibility index (Phi) is 19.8. The lowest BCUT2D eigenvalue weighted by Crippen LogP contribution is -2.25. The Morgan fingerprint density at radius 3 is 1.94 bits per heavy atom. The van der Waals surface area contributed by atoms with Crippen LogP contribution in [-0.2, 0) is 0 Å². The minimum atomic E-state index is 0. The molecule has 2 N–H and O–H groups in total. The molecule has 104 valence electrons. The van der Waals surface area contributed by atoms with Gasteiger partial charge in [-0.2, -0.15) is 0 Å². The summed E-state index contributed by atoms with van der Waals surface area (Å²) < 4.78 is 0. The van der Waals surface area contributed by atoms with Crippen LogP contribution in [0.5, 0.6) is 0 Å². The fraction of sp³-hybridized carbons (Fsp3) is 1.00. The number of nitrogens with one attached hydrogen (secondary N) is 2. The lowest BCUT2D eigenvalue weighted by molar-refractivity contribution is 0.533. The molecule has 0 aromatic rings. The van der Waals surface area contributed by atoms with E-state index in [9.17, 15) is 0 Å². The van der Waals surface area contributed by atoms with Crippen LogP contribution in [0.25, 0.3) is 0 Å². The lowest BCUT2D eigenvalue weighted by atomic mass is 10.2. The third-order valence-corrected chi connectivity index (χ3v) is 2.49. The first kappa shape index (κ1) is 18.3. The summed E-state index contributed by atoms with van der Waals surface area (Å²) in [4.78, 5) is 0. The molecular formula is C14H38N2. The van der Waals surface area contributed by atoms with Crippen molar-refractivity contribution in [2.24, 2.45) is 0 Å². The summed E-state index contributed by atoms with van der Waals surface area (Å²) in [6, 6.07) is 0.704. The highest BCUT2D eigenvalue weighted by Crippen LogP contribution is 1.86. The third kappa shape index (κ3) is 19.5. The molecular weight excluding hydrogens is 196 g/mol. The molecule has 0 saturated carbocycles. The Bertz CT molecular complexity index is 108. The predicted octanol–water partition coefficient (Wildman–Crippen LogP) is 4.06. The zero-order valence-corrected chi connectivity index (χ0v) is 12.2. The fourth-order valence-corrected chi connectivity index (χ4v) is 1.14. The van der Waals surface area contributed by atoms with Gasteiger partial charge >= 0.3 is 0 Å². The van der Waals surface area contributed by atoms with E-state index < -0.39 is 0 Å². The molecule has 0 radical (unpaired) electrons. The first-order valence-electron chi connectivity index (χ1n) is 7.16. The Hall–Kier alpha value is -0.0800. The summed E-state index contributed by atoms with van der Waals surface area (Å²) >= 11 is 0. The van der Waals surface area contributed by atoms with Crippen LogP contribution in [0.15, 0.2) is 0 Å². The van der Waals surface area contributed by atoms with E-state index in [0.717, 1.165) is 6.54 Å². The van der Waals surface area contributed by atoms with Crippen LogP contribution in [0.1, 0.15) is 69.6 Å². The maximum absolute atomic E-state index is 3.38. The van der Waals surface area contributed by atoms with E-state index in [1.165, 1.54) is 45.2 Å². The first-order valence-corrected chi connectivity index (χ1v) is 7.16. The van der Waals surface area contributed by atoms with Gasteiger partial charge in [-0.25, -0.2) is 0 Å². The van der Waals surface area contributed by atoms with Gasteiger partial charge in [0.25, 0.3) is 0 Å². The van der Waals surface area contributed by atoms with Gasteiger partial charge in [0.15, 0.2) is 0 Å². The zero-order chi connectivity index (χ0) is 12.6. The van der Waals surface area contributed by atoms with E-state index in [1.807, 2.05) is 0 Å². The van der Waals surface area contributed by atoms with Crippen molar-refractivity contribution in [3.8, 4) is 0 Å². The number of hydrogen-bond donors (Lipinski definition) is 2. The molecule has 0 aromatic carbocycles. The molecule has 0 aliphatic heterocycles. The van der Waals surface area contributed by atoms with Gasteiger partial charge in [-0.3, -0.25) is 0 Å². The highest BCUT2D eigenvalue weighted by molar-refractivity contribution is 4.54. The Morgan fingerprint density at radius 1 is 0.875 bits per heavy atom. The van der Waals surface area contributed by atoms with Gasteiger partial charge in [-0.1, -0.05) is 34.1 Å². The summed E-state index contributed by atoms with van der Waals surface area (Å²) in [7, 11) is 0. The van der Waals surface area contributed by atoms with Crippen molar-refractivity contribution in [2.75, 3.05) is 19.6 Å². The lowest BCUT2D eigenvalue weighted by Gasteiger charge is -2.08. The van der Waals surface area contributed by atoms with Crippen LogP contribution in [0, 0.1) is 0 Å². The molecule has 0 aliphatic rings. The van der Waals surface area contributed by atoms with E-state index >= 15 is 0 Å². The van der Waals surface area contributed by atoms with E-state index in [1.54, 1.807) is 0 Å². The second kappa shape index (κ2) is 17.3. The molecule has 0 bridgehead atoms. The van der Waals surface area contributed by atoms with Gasteiger partial charge in [0, 0.05) is 8.90 Å². The van der Waals surface area contributed by atoms with Gasteiger partial charge < -0.3 is 10.6 Å². The highest BCUT2D eigenvalue weighted by atomic mass is 14.9. The summed E-state index contributed by atoms with van der Waals surface area (Å²) in [5.74, 6) is 0. The van der Waals surface area contributed by atoms with Crippen molar-refractivity contribution in [1.82, 2.24) is 10.6 Å². The van der Waals surface area contributed by atoms with E-state index in [2.05, 4.69) is 45.3 Å². The largest absolute Gasteiger partial charge is 0.317 e. The van der Waals surface area contributed by atoms with Crippen LogP contribution < -0.4 is 10.6 Å². The van der Waals surface area contributed by atoms with E-state index in [4.69, 9.17) is 0 Å².